The zero-order valence-electron chi connectivity index (χ0n) is 11.8. The van der Waals surface area contributed by atoms with Gasteiger partial charge in [-0.05, 0) is 38.5 Å². The summed E-state index contributed by atoms with van der Waals surface area (Å²) in [7, 11) is 1.45. The summed E-state index contributed by atoms with van der Waals surface area (Å²) in [6, 6.07) is 1.14. The molecule has 0 amide bonds. The van der Waals surface area contributed by atoms with E-state index in [1.54, 1.807) is 0 Å². The van der Waals surface area contributed by atoms with Gasteiger partial charge < -0.3 is 15.0 Å². The van der Waals surface area contributed by atoms with Gasteiger partial charge in [-0.15, -0.1) is 0 Å². The highest BCUT2D eigenvalue weighted by Gasteiger charge is 2.39. The third kappa shape index (κ3) is 3.04. The number of nitrogens with one attached hydrogen (secondary N) is 1. The molecule has 0 aromatic rings. The van der Waals surface area contributed by atoms with Gasteiger partial charge in [0.05, 0.1) is 13.7 Å². The number of carbonyl (C=O) groups excluding carboxylic acids is 1. The van der Waals surface area contributed by atoms with Gasteiger partial charge in [-0.1, -0.05) is 6.42 Å². The Morgan fingerprint density at radius 2 is 1.94 bits per heavy atom. The van der Waals surface area contributed by atoms with Crippen LogP contribution >= 0.6 is 0 Å². The van der Waals surface area contributed by atoms with Crippen LogP contribution in [-0.2, 0) is 9.53 Å². The van der Waals surface area contributed by atoms with E-state index in [1.165, 1.54) is 39.5 Å². The van der Waals surface area contributed by atoms with Gasteiger partial charge >= 0.3 is 5.97 Å². The fourth-order valence-corrected chi connectivity index (χ4v) is 3.50. The zero-order chi connectivity index (χ0) is 13.1. The Labute approximate surface area is 110 Å². The van der Waals surface area contributed by atoms with Crippen LogP contribution in [-0.4, -0.2) is 49.7 Å². The van der Waals surface area contributed by atoms with Crippen molar-refractivity contribution in [3.63, 3.8) is 0 Å². The predicted octanol–water partition coefficient (Wildman–Crippen LogP) is 1.26. The van der Waals surface area contributed by atoms with Crippen molar-refractivity contribution in [2.45, 2.75) is 45.2 Å². The Morgan fingerprint density at radius 3 is 2.44 bits per heavy atom. The maximum atomic E-state index is 11.3. The first-order chi connectivity index (χ1) is 8.61. The van der Waals surface area contributed by atoms with Gasteiger partial charge in [-0.3, -0.25) is 4.79 Å². The van der Waals surface area contributed by atoms with Crippen molar-refractivity contribution in [1.29, 1.82) is 0 Å². The number of ether oxygens (including phenoxy) is 1. The molecular formula is C14H26N2O2. The van der Waals surface area contributed by atoms with E-state index in [2.05, 4.69) is 24.1 Å². The van der Waals surface area contributed by atoms with Crippen LogP contribution in [0.2, 0.25) is 0 Å². The molecule has 2 unspecified atom stereocenters. The summed E-state index contributed by atoms with van der Waals surface area (Å²) in [5.41, 5.74) is 0. The topological polar surface area (TPSA) is 41.6 Å². The van der Waals surface area contributed by atoms with Crippen molar-refractivity contribution in [3.05, 3.63) is 0 Å². The smallest absolute Gasteiger partial charge is 0.319 e. The standard InChI is InChI=1S/C14H26N2O2/c1-10(2)16-8-11-5-4-6-12(9-16)14(11)15-7-13(17)18-3/h10-12,14-15H,4-9H2,1-3H3. The number of rotatable bonds is 4. The molecule has 0 aromatic heterocycles. The van der Waals surface area contributed by atoms with Crippen molar-refractivity contribution in [1.82, 2.24) is 10.2 Å². The largest absolute Gasteiger partial charge is 0.468 e. The highest BCUT2D eigenvalue weighted by Crippen LogP contribution is 2.35. The van der Waals surface area contributed by atoms with Gasteiger partial charge in [0, 0.05) is 25.2 Å². The van der Waals surface area contributed by atoms with E-state index in [4.69, 9.17) is 4.74 Å². The first kappa shape index (κ1) is 13.8. The van der Waals surface area contributed by atoms with Gasteiger partial charge in [0.1, 0.15) is 0 Å². The summed E-state index contributed by atoms with van der Waals surface area (Å²) < 4.78 is 4.71. The molecule has 1 aliphatic carbocycles. The van der Waals surface area contributed by atoms with E-state index in [9.17, 15) is 4.79 Å². The third-order valence-electron chi connectivity index (χ3n) is 4.54. The molecule has 4 nitrogen and oxygen atoms in total. The molecule has 2 atom stereocenters. The van der Waals surface area contributed by atoms with Gasteiger partial charge in [-0.25, -0.2) is 0 Å². The van der Waals surface area contributed by atoms with Crippen LogP contribution in [0, 0.1) is 11.8 Å². The Bertz CT molecular complexity index is 280. The van der Waals surface area contributed by atoms with Crippen molar-refractivity contribution in [2.24, 2.45) is 11.8 Å². The minimum absolute atomic E-state index is 0.153. The molecule has 1 heterocycles. The Balaban J connectivity index is 1.93. The van der Waals surface area contributed by atoms with Crippen LogP contribution in [0.5, 0.6) is 0 Å². The molecule has 18 heavy (non-hydrogen) atoms. The molecule has 2 aliphatic rings. The lowest BCUT2D eigenvalue weighted by Crippen LogP contribution is -2.58. The fraction of sp³-hybridized carbons (Fsp3) is 0.929. The van der Waals surface area contributed by atoms with Crippen LogP contribution < -0.4 is 5.32 Å². The Kier molecular flexibility index (Phi) is 4.62. The van der Waals surface area contributed by atoms with Gasteiger partial charge in [0.25, 0.3) is 0 Å². The maximum Gasteiger partial charge on any atom is 0.319 e. The number of fused-ring (bicyclic) bond motifs is 2. The SMILES string of the molecule is COC(=O)CNC1C2CCCC1CN(C(C)C)C2. The van der Waals surface area contributed by atoms with Gasteiger partial charge in [0.2, 0.25) is 0 Å². The minimum Gasteiger partial charge on any atom is -0.468 e. The van der Waals surface area contributed by atoms with Gasteiger partial charge in [0.15, 0.2) is 0 Å². The van der Waals surface area contributed by atoms with E-state index < -0.39 is 0 Å². The lowest BCUT2D eigenvalue weighted by Gasteiger charge is -2.49. The van der Waals surface area contributed by atoms with Crippen LogP contribution in [0.4, 0.5) is 0 Å². The number of esters is 1. The van der Waals surface area contributed by atoms with Crippen LogP contribution in [0.15, 0.2) is 0 Å². The predicted molar refractivity (Wildman–Crippen MR) is 71.3 cm³/mol. The van der Waals surface area contributed by atoms with Crippen molar-refractivity contribution in [3.8, 4) is 0 Å². The van der Waals surface area contributed by atoms with Crippen molar-refractivity contribution < 1.29 is 9.53 Å². The lowest BCUT2D eigenvalue weighted by molar-refractivity contribution is -0.140. The maximum absolute atomic E-state index is 11.3. The molecule has 2 rings (SSSR count). The first-order valence-corrected chi connectivity index (χ1v) is 7.16. The molecule has 1 saturated heterocycles. The summed E-state index contributed by atoms with van der Waals surface area (Å²) in [5.74, 6) is 1.24. The molecule has 2 fully saturated rings. The number of nitrogens with zero attached hydrogens (tertiary/aromatic N) is 1. The molecule has 0 spiro atoms. The van der Waals surface area contributed by atoms with E-state index in [-0.39, 0.29) is 5.97 Å². The fourth-order valence-electron chi connectivity index (χ4n) is 3.50. The molecule has 1 aliphatic heterocycles. The number of hydrogen-bond acceptors (Lipinski definition) is 4. The number of carbonyl (C=O) groups is 1. The van der Waals surface area contributed by atoms with E-state index in [1.807, 2.05) is 0 Å². The first-order valence-electron chi connectivity index (χ1n) is 7.16. The van der Waals surface area contributed by atoms with E-state index in [0.29, 0.717) is 30.5 Å². The average Bonchev–Trinajstić information content (AvgIpc) is 2.34. The van der Waals surface area contributed by atoms with Crippen LogP contribution in [0.3, 0.4) is 0 Å². The van der Waals surface area contributed by atoms with E-state index >= 15 is 0 Å². The lowest BCUT2D eigenvalue weighted by atomic mass is 9.73. The molecule has 0 radical (unpaired) electrons. The molecule has 1 saturated carbocycles. The third-order valence-corrected chi connectivity index (χ3v) is 4.54. The second-order valence-corrected chi connectivity index (χ2v) is 5.98. The van der Waals surface area contributed by atoms with Crippen LogP contribution in [0.25, 0.3) is 0 Å². The number of hydrogen-bond donors (Lipinski definition) is 1. The quantitative estimate of drug-likeness (QED) is 0.767. The van der Waals surface area contributed by atoms with E-state index in [0.717, 1.165) is 0 Å². The molecule has 1 N–H and O–H groups in total. The summed E-state index contributed by atoms with van der Waals surface area (Å²) in [6.45, 7) is 7.26. The second-order valence-electron chi connectivity index (χ2n) is 5.98. The van der Waals surface area contributed by atoms with Crippen molar-refractivity contribution in [2.75, 3.05) is 26.7 Å². The molecule has 4 heteroatoms. The second kappa shape index (κ2) is 6.02. The summed E-state index contributed by atoms with van der Waals surface area (Å²) in [5, 5.41) is 3.43. The molecular weight excluding hydrogens is 228 g/mol. The number of piperidine rings is 1. The molecule has 0 aromatic carbocycles. The summed E-state index contributed by atoms with van der Waals surface area (Å²) in [4.78, 5) is 13.8. The van der Waals surface area contributed by atoms with Crippen LogP contribution in [0.1, 0.15) is 33.1 Å². The number of methoxy groups -OCH3 is 1. The molecule has 2 bridgehead atoms. The monoisotopic (exact) mass is 254 g/mol. The highest BCUT2D eigenvalue weighted by atomic mass is 16.5. The average molecular weight is 254 g/mol. The minimum atomic E-state index is -0.153. The summed E-state index contributed by atoms with van der Waals surface area (Å²) >= 11 is 0. The van der Waals surface area contributed by atoms with Crippen molar-refractivity contribution >= 4 is 5.97 Å². The number of likely N-dealkylation sites (tertiary alicyclic amines) is 1. The normalized spacial score (nSPS) is 32.6. The highest BCUT2D eigenvalue weighted by molar-refractivity contribution is 5.71. The Morgan fingerprint density at radius 1 is 1.33 bits per heavy atom. The molecule has 104 valence electrons. The zero-order valence-corrected chi connectivity index (χ0v) is 11.8. The Hall–Kier alpha value is -0.610. The summed E-state index contributed by atoms with van der Waals surface area (Å²) in [6.07, 6.45) is 3.93. The van der Waals surface area contributed by atoms with Gasteiger partial charge in [-0.2, -0.15) is 0 Å².